The first-order valence-corrected chi connectivity index (χ1v) is 15.2. The van der Waals surface area contributed by atoms with Crippen LogP contribution in [0.5, 0.6) is 5.75 Å². The maximum absolute atomic E-state index is 6.57. The molecule has 5 aromatic rings. The second-order valence-corrected chi connectivity index (χ2v) is 11.6. The lowest BCUT2D eigenvalue weighted by atomic mass is 10.1. The van der Waals surface area contributed by atoms with E-state index in [0.717, 1.165) is 37.6 Å². The van der Waals surface area contributed by atoms with Crippen molar-refractivity contribution in [3.63, 3.8) is 0 Å². The van der Waals surface area contributed by atoms with Crippen molar-refractivity contribution >= 4 is 34.6 Å². The van der Waals surface area contributed by atoms with E-state index in [1.165, 1.54) is 17.7 Å². The lowest BCUT2D eigenvalue weighted by Crippen LogP contribution is -2.46. The molecular formula is C32H31Cl2N7O3. The maximum atomic E-state index is 6.57. The van der Waals surface area contributed by atoms with Crippen molar-refractivity contribution in [2.45, 2.75) is 18.4 Å². The Kier molecular flexibility index (Phi) is 8.14. The van der Waals surface area contributed by atoms with Crippen molar-refractivity contribution < 1.29 is 14.2 Å². The molecule has 0 amide bonds. The first-order chi connectivity index (χ1) is 21.5. The van der Waals surface area contributed by atoms with Gasteiger partial charge >= 0.3 is 0 Å². The minimum atomic E-state index is -1.14. The Bertz CT molecular complexity index is 1660. The van der Waals surface area contributed by atoms with Crippen LogP contribution in [0.25, 0.3) is 5.69 Å². The molecule has 0 N–H and O–H groups in total. The molecule has 2 saturated heterocycles. The summed E-state index contributed by atoms with van der Waals surface area (Å²) in [4.78, 5) is 13.0. The summed E-state index contributed by atoms with van der Waals surface area (Å²) in [6.45, 7) is 4.73. The molecule has 2 aromatic heterocycles. The molecule has 0 bridgehead atoms. The van der Waals surface area contributed by atoms with Crippen LogP contribution in [0.15, 0.2) is 98.1 Å². The van der Waals surface area contributed by atoms with E-state index in [1.807, 2.05) is 35.3 Å². The van der Waals surface area contributed by atoms with E-state index in [-0.39, 0.29) is 12.6 Å². The van der Waals surface area contributed by atoms with Gasteiger partial charge in [-0.05, 0) is 60.7 Å². The number of rotatable bonds is 9. The van der Waals surface area contributed by atoms with E-state index in [0.29, 0.717) is 28.8 Å². The van der Waals surface area contributed by atoms with Gasteiger partial charge in [0.05, 0.1) is 18.0 Å². The fourth-order valence-electron chi connectivity index (χ4n) is 5.69. The number of nitrogens with zero attached hydrogens (tertiary/aromatic N) is 7. The summed E-state index contributed by atoms with van der Waals surface area (Å²) >= 11 is 12.7. The number of piperazine rings is 1. The predicted octanol–water partition coefficient (Wildman–Crippen LogP) is 5.44. The Morgan fingerprint density at radius 2 is 1.55 bits per heavy atom. The molecule has 3 aromatic carbocycles. The Balaban J connectivity index is 0.936. The van der Waals surface area contributed by atoms with Gasteiger partial charge in [0.2, 0.25) is 5.79 Å². The van der Waals surface area contributed by atoms with Crippen LogP contribution < -0.4 is 14.5 Å². The Morgan fingerprint density at radius 3 is 2.18 bits per heavy atom. The highest BCUT2D eigenvalue weighted by Crippen LogP contribution is 2.40. The van der Waals surface area contributed by atoms with Crippen molar-refractivity contribution in [1.82, 2.24) is 24.3 Å². The molecule has 0 saturated carbocycles. The fraction of sp³-hybridized carbons (Fsp3) is 0.281. The van der Waals surface area contributed by atoms with Gasteiger partial charge in [-0.15, -0.1) is 0 Å². The molecule has 44 heavy (non-hydrogen) atoms. The van der Waals surface area contributed by atoms with Gasteiger partial charge in [0.15, 0.2) is 0 Å². The van der Waals surface area contributed by atoms with Crippen LogP contribution in [-0.2, 0) is 21.8 Å². The molecule has 10 nitrogen and oxygen atoms in total. The third-order valence-electron chi connectivity index (χ3n) is 7.97. The molecule has 2 fully saturated rings. The zero-order chi connectivity index (χ0) is 29.9. The van der Waals surface area contributed by atoms with Gasteiger partial charge < -0.3 is 28.6 Å². The number of aromatic nitrogens is 5. The van der Waals surface area contributed by atoms with Crippen LogP contribution in [-0.4, -0.2) is 69.8 Å². The Labute approximate surface area is 265 Å². The summed E-state index contributed by atoms with van der Waals surface area (Å²) in [5, 5.41) is 5.22. The minimum Gasteiger partial charge on any atom is -0.491 e. The highest BCUT2D eigenvalue weighted by atomic mass is 35.5. The molecule has 226 valence electrons. The van der Waals surface area contributed by atoms with E-state index in [2.05, 4.69) is 61.3 Å². The average Bonchev–Trinajstić information content (AvgIpc) is 3.85. The molecule has 2 atom stereocenters. The Morgan fingerprint density at radius 1 is 0.841 bits per heavy atom. The number of anilines is 2. The van der Waals surface area contributed by atoms with Crippen LogP contribution >= 0.6 is 23.2 Å². The zero-order valence-electron chi connectivity index (χ0n) is 23.9. The molecule has 7 rings (SSSR count). The molecule has 2 aliphatic heterocycles. The first kappa shape index (κ1) is 28.7. The Hall–Kier alpha value is -4.09. The third kappa shape index (κ3) is 6.11. The van der Waals surface area contributed by atoms with Crippen molar-refractivity contribution in [2.75, 3.05) is 49.2 Å². The molecule has 12 heteroatoms. The minimum absolute atomic E-state index is 0.281. The average molecular weight is 633 g/mol. The monoisotopic (exact) mass is 631 g/mol. The molecule has 0 radical (unpaired) electrons. The molecule has 2 aliphatic rings. The predicted molar refractivity (Wildman–Crippen MR) is 169 cm³/mol. The van der Waals surface area contributed by atoms with E-state index in [1.54, 1.807) is 29.3 Å². The topological polar surface area (TPSA) is 82.7 Å². The summed E-state index contributed by atoms with van der Waals surface area (Å²) in [5.41, 5.74) is 4.20. The van der Waals surface area contributed by atoms with E-state index in [4.69, 9.17) is 37.4 Å². The van der Waals surface area contributed by atoms with Crippen molar-refractivity contribution in [1.29, 1.82) is 0 Å². The number of imidazole rings is 1. The highest BCUT2D eigenvalue weighted by Gasteiger charge is 2.45. The SMILES string of the molecule is Clc1ccc([C@]2(Cn3cncn3)OC[C@@H](COc3ccc(N4CCN(c5ccc(-n6ccnc6)cc5)CC4)cc3)O2)c(Cl)c1. The first-order valence-electron chi connectivity index (χ1n) is 14.5. The summed E-state index contributed by atoms with van der Waals surface area (Å²) in [7, 11) is 0. The lowest BCUT2D eigenvalue weighted by Gasteiger charge is -2.37. The van der Waals surface area contributed by atoms with Crippen LogP contribution in [0.2, 0.25) is 10.0 Å². The van der Waals surface area contributed by atoms with E-state index in [9.17, 15) is 0 Å². The lowest BCUT2D eigenvalue weighted by molar-refractivity contribution is -0.190. The number of ether oxygens (including phenoxy) is 3. The molecular weight excluding hydrogens is 601 g/mol. The van der Waals surface area contributed by atoms with Gasteiger partial charge in [-0.25, -0.2) is 14.6 Å². The van der Waals surface area contributed by atoms with Crippen molar-refractivity contribution in [2.24, 2.45) is 0 Å². The summed E-state index contributed by atoms with van der Waals surface area (Å²) in [5.74, 6) is -0.371. The highest BCUT2D eigenvalue weighted by molar-refractivity contribution is 6.35. The molecule has 0 unspecified atom stereocenters. The van der Waals surface area contributed by atoms with Gasteiger partial charge in [0.1, 0.15) is 37.7 Å². The summed E-state index contributed by atoms with van der Waals surface area (Å²) in [6, 6.07) is 22.1. The normalized spacial score (nSPS) is 20.3. The number of hydrogen-bond donors (Lipinski definition) is 0. The molecule has 4 heterocycles. The zero-order valence-corrected chi connectivity index (χ0v) is 25.4. The largest absolute Gasteiger partial charge is 0.491 e. The summed E-state index contributed by atoms with van der Waals surface area (Å²) in [6.07, 6.45) is 8.33. The number of halogens is 2. The van der Waals surface area contributed by atoms with E-state index < -0.39 is 5.79 Å². The third-order valence-corrected chi connectivity index (χ3v) is 8.52. The van der Waals surface area contributed by atoms with E-state index >= 15 is 0 Å². The molecule has 0 spiro atoms. The van der Waals surface area contributed by atoms with Crippen molar-refractivity contribution in [3.05, 3.63) is 114 Å². The quantitative estimate of drug-likeness (QED) is 0.213. The second-order valence-electron chi connectivity index (χ2n) is 10.8. The summed E-state index contributed by atoms with van der Waals surface area (Å²) < 4.78 is 22.5. The number of benzene rings is 3. The van der Waals surface area contributed by atoms with Gasteiger partial charge in [0.25, 0.3) is 0 Å². The van der Waals surface area contributed by atoms with Gasteiger partial charge in [-0.3, -0.25) is 0 Å². The van der Waals surface area contributed by atoms with Crippen LogP contribution in [0.1, 0.15) is 5.56 Å². The molecule has 0 aliphatic carbocycles. The fourth-order valence-corrected chi connectivity index (χ4v) is 6.25. The van der Waals surface area contributed by atoms with Gasteiger partial charge in [-0.2, -0.15) is 5.10 Å². The smallest absolute Gasteiger partial charge is 0.217 e. The maximum Gasteiger partial charge on any atom is 0.217 e. The standard InChI is InChI=1S/C32H31Cl2N7O3/c33-24-1-10-30(31(34)17-24)32(20-41-23-36-21-37-41)43-19-29(44-32)18-42-28-8-6-26(7-9-28)39-15-13-38(14-16-39)25-2-4-27(5-3-25)40-12-11-35-22-40/h1-12,17,21-23,29H,13-16,18-20H2/t29-,32-/m1/s1. The van der Waals surface area contributed by atoms with Crippen LogP contribution in [0.3, 0.4) is 0 Å². The number of hydrogen-bond acceptors (Lipinski definition) is 8. The van der Waals surface area contributed by atoms with Gasteiger partial charge in [0, 0.05) is 66.2 Å². The second kappa shape index (κ2) is 12.5. The van der Waals surface area contributed by atoms with Crippen LogP contribution in [0, 0.1) is 0 Å². The van der Waals surface area contributed by atoms with Crippen LogP contribution in [0.4, 0.5) is 11.4 Å². The van der Waals surface area contributed by atoms with Gasteiger partial charge in [-0.1, -0.05) is 29.3 Å². The van der Waals surface area contributed by atoms with Crippen molar-refractivity contribution in [3.8, 4) is 11.4 Å².